The zero-order valence-electron chi connectivity index (χ0n) is 13.2. The summed E-state index contributed by atoms with van der Waals surface area (Å²) in [6.45, 7) is 3.62. The number of halogens is 1. The Balaban J connectivity index is 1.93. The molecule has 1 aliphatic carbocycles. The SMILES string of the molecule is CC1CC(CN)CN1C(=O)C1(c2cccc(Cl)c2)CCCC1. The van der Waals surface area contributed by atoms with Crippen molar-refractivity contribution in [2.75, 3.05) is 13.1 Å². The van der Waals surface area contributed by atoms with E-state index in [-0.39, 0.29) is 17.4 Å². The van der Waals surface area contributed by atoms with E-state index >= 15 is 0 Å². The summed E-state index contributed by atoms with van der Waals surface area (Å²) in [6, 6.07) is 8.17. The van der Waals surface area contributed by atoms with E-state index in [1.807, 2.05) is 18.2 Å². The maximum atomic E-state index is 13.4. The number of nitrogens with zero attached hydrogens (tertiary/aromatic N) is 1. The number of rotatable bonds is 3. The van der Waals surface area contributed by atoms with Crippen LogP contribution in [0, 0.1) is 5.92 Å². The van der Waals surface area contributed by atoms with Crippen molar-refractivity contribution in [1.29, 1.82) is 0 Å². The standard InChI is InChI=1S/C18H25ClN2O/c1-13-9-14(11-20)12-21(13)17(22)18(7-2-3-8-18)15-5-4-6-16(19)10-15/h4-6,10,13-14H,2-3,7-9,11-12,20H2,1H3. The van der Waals surface area contributed by atoms with E-state index in [0.29, 0.717) is 17.5 Å². The van der Waals surface area contributed by atoms with E-state index < -0.39 is 0 Å². The second-order valence-electron chi connectivity index (χ2n) is 6.94. The molecule has 0 spiro atoms. The Morgan fingerprint density at radius 2 is 2.14 bits per heavy atom. The molecule has 1 saturated heterocycles. The summed E-state index contributed by atoms with van der Waals surface area (Å²) in [4.78, 5) is 15.5. The van der Waals surface area contributed by atoms with E-state index in [2.05, 4.69) is 17.9 Å². The number of nitrogens with two attached hydrogens (primary N) is 1. The number of hydrogen-bond acceptors (Lipinski definition) is 2. The largest absolute Gasteiger partial charge is 0.339 e. The summed E-state index contributed by atoms with van der Waals surface area (Å²) in [6.07, 6.45) is 5.11. The Hall–Kier alpha value is -1.06. The van der Waals surface area contributed by atoms with E-state index in [4.69, 9.17) is 17.3 Å². The van der Waals surface area contributed by atoms with Gasteiger partial charge in [0.25, 0.3) is 0 Å². The fourth-order valence-corrected chi connectivity index (χ4v) is 4.45. The van der Waals surface area contributed by atoms with Crippen LogP contribution in [0.5, 0.6) is 0 Å². The predicted octanol–water partition coefficient (Wildman–Crippen LogP) is 3.35. The Morgan fingerprint density at radius 3 is 2.73 bits per heavy atom. The first-order chi connectivity index (χ1) is 10.6. The van der Waals surface area contributed by atoms with E-state index in [9.17, 15) is 4.79 Å². The van der Waals surface area contributed by atoms with Gasteiger partial charge >= 0.3 is 0 Å². The van der Waals surface area contributed by atoms with Gasteiger partial charge in [-0.05, 0) is 56.3 Å². The van der Waals surface area contributed by atoms with Gasteiger partial charge in [0.1, 0.15) is 0 Å². The summed E-state index contributed by atoms with van der Waals surface area (Å²) in [5, 5.41) is 0.714. The third kappa shape index (κ3) is 2.65. The van der Waals surface area contributed by atoms with Gasteiger partial charge in [0.05, 0.1) is 5.41 Å². The highest BCUT2D eigenvalue weighted by atomic mass is 35.5. The van der Waals surface area contributed by atoms with Gasteiger partial charge in [-0.3, -0.25) is 4.79 Å². The normalized spacial score (nSPS) is 27.3. The number of amides is 1. The van der Waals surface area contributed by atoms with Crippen LogP contribution in [0.25, 0.3) is 0 Å². The molecule has 0 radical (unpaired) electrons. The maximum Gasteiger partial charge on any atom is 0.233 e. The Bertz CT molecular complexity index is 554. The number of benzene rings is 1. The smallest absolute Gasteiger partial charge is 0.233 e. The predicted molar refractivity (Wildman–Crippen MR) is 89.9 cm³/mol. The Morgan fingerprint density at radius 1 is 1.41 bits per heavy atom. The third-order valence-electron chi connectivity index (χ3n) is 5.50. The minimum atomic E-state index is -0.372. The molecule has 0 aromatic heterocycles. The molecule has 1 aromatic carbocycles. The number of carbonyl (C=O) groups excluding carboxylic acids is 1. The monoisotopic (exact) mass is 320 g/mol. The van der Waals surface area contributed by atoms with Crippen LogP contribution in [0.4, 0.5) is 0 Å². The lowest BCUT2D eigenvalue weighted by Gasteiger charge is -2.35. The molecule has 22 heavy (non-hydrogen) atoms. The van der Waals surface area contributed by atoms with Crippen LogP contribution in [0.1, 0.15) is 44.6 Å². The van der Waals surface area contributed by atoms with Crippen molar-refractivity contribution >= 4 is 17.5 Å². The van der Waals surface area contributed by atoms with Crippen molar-refractivity contribution in [3.8, 4) is 0 Å². The first kappa shape index (κ1) is 15.8. The molecule has 1 heterocycles. The highest BCUT2D eigenvalue weighted by Gasteiger charge is 2.47. The molecule has 1 aliphatic heterocycles. The van der Waals surface area contributed by atoms with Crippen LogP contribution in [0.3, 0.4) is 0 Å². The van der Waals surface area contributed by atoms with E-state index in [0.717, 1.165) is 44.2 Å². The van der Waals surface area contributed by atoms with Crippen molar-refractivity contribution in [3.63, 3.8) is 0 Å². The molecule has 4 heteroatoms. The molecule has 2 fully saturated rings. The number of carbonyl (C=O) groups is 1. The van der Waals surface area contributed by atoms with Gasteiger partial charge in [0, 0.05) is 17.6 Å². The Kier molecular flexibility index (Phi) is 4.47. The lowest BCUT2D eigenvalue weighted by molar-refractivity contribution is -0.138. The topological polar surface area (TPSA) is 46.3 Å². The minimum absolute atomic E-state index is 0.288. The summed E-state index contributed by atoms with van der Waals surface area (Å²) in [7, 11) is 0. The van der Waals surface area contributed by atoms with Gasteiger partial charge in [0.15, 0.2) is 0 Å². The quantitative estimate of drug-likeness (QED) is 0.928. The van der Waals surface area contributed by atoms with Gasteiger partial charge in [-0.25, -0.2) is 0 Å². The summed E-state index contributed by atoms with van der Waals surface area (Å²) in [5.41, 5.74) is 6.54. The minimum Gasteiger partial charge on any atom is -0.339 e. The molecule has 3 rings (SSSR count). The maximum absolute atomic E-state index is 13.4. The van der Waals surface area contributed by atoms with Gasteiger partial charge in [0.2, 0.25) is 5.91 Å². The molecular formula is C18H25ClN2O. The van der Waals surface area contributed by atoms with Crippen molar-refractivity contribution in [2.45, 2.75) is 50.5 Å². The second-order valence-corrected chi connectivity index (χ2v) is 7.38. The molecule has 2 N–H and O–H groups in total. The zero-order chi connectivity index (χ0) is 15.7. The average molecular weight is 321 g/mol. The molecule has 3 nitrogen and oxygen atoms in total. The third-order valence-corrected chi connectivity index (χ3v) is 5.73. The first-order valence-corrected chi connectivity index (χ1v) is 8.72. The van der Waals surface area contributed by atoms with Gasteiger partial charge in [-0.15, -0.1) is 0 Å². The number of likely N-dealkylation sites (tertiary alicyclic amines) is 1. The van der Waals surface area contributed by atoms with Crippen LogP contribution < -0.4 is 5.73 Å². The summed E-state index contributed by atoms with van der Waals surface area (Å²) < 4.78 is 0. The molecule has 120 valence electrons. The molecule has 1 aromatic rings. The molecular weight excluding hydrogens is 296 g/mol. The fourth-order valence-electron chi connectivity index (χ4n) is 4.26. The Labute approximate surface area is 137 Å². The van der Waals surface area contributed by atoms with Crippen molar-refractivity contribution in [3.05, 3.63) is 34.9 Å². The molecule has 2 unspecified atom stereocenters. The van der Waals surface area contributed by atoms with Crippen LogP contribution in [0.2, 0.25) is 5.02 Å². The molecule has 1 amide bonds. The van der Waals surface area contributed by atoms with Gasteiger partial charge in [-0.1, -0.05) is 36.6 Å². The van der Waals surface area contributed by atoms with E-state index in [1.54, 1.807) is 0 Å². The van der Waals surface area contributed by atoms with Crippen LogP contribution in [-0.2, 0) is 10.2 Å². The van der Waals surface area contributed by atoms with Crippen LogP contribution >= 0.6 is 11.6 Å². The summed E-state index contributed by atoms with van der Waals surface area (Å²) >= 11 is 6.18. The highest BCUT2D eigenvalue weighted by Crippen LogP contribution is 2.44. The number of hydrogen-bond donors (Lipinski definition) is 1. The molecule has 1 saturated carbocycles. The average Bonchev–Trinajstić information content (AvgIpc) is 3.14. The van der Waals surface area contributed by atoms with Crippen LogP contribution in [0.15, 0.2) is 24.3 Å². The lowest BCUT2D eigenvalue weighted by Crippen LogP contribution is -2.47. The lowest BCUT2D eigenvalue weighted by atomic mass is 9.77. The highest BCUT2D eigenvalue weighted by molar-refractivity contribution is 6.30. The second kappa shape index (κ2) is 6.21. The van der Waals surface area contributed by atoms with E-state index in [1.165, 1.54) is 0 Å². The zero-order valence-corrected chi connectivity index (χ0v) is 14.0. The molecule has 2 aliphatic rings. The molecule has 0 bridgehead atoms. The van der Waals surface area contributed by atoms with Crippen molar-refractivity contribution < 1.29 is 4.79 Å². The first-order valence-electron chi connectivity index (χ1n) is 8.34. The van der Waals surface area contributed by atoms with Gasteiger partial charge < -0.3 is 10.6 Å². The fraction of sp³-hybridized carbons (Fsp3) is 0.611. The molecule has 2 atom stereocenters. The summed E-state index contributed by atoms with van der Waals surface area (Å²) in [5.74, 6) is 0.729. The van der Waals surface area contributed by atoms with Crippen molar-refractivity contribution in [1.82, 2.24) is 4.90 Å². The van der Waals surface area contributed by atoms with Gasteiger partial charge in [-0.2, -0.15) is 0 Å². The van der Waals surface area contributed by atoms with Crippen molar-refractivity contribution in [2.24, 2.45) is 11.7 Å². The van der Waals surface area contributed by atoms with Crippen LogP contribution in [-0.4, -0.2) is 29.9 Å².